The van der Waals surface area contributed by atoms with E-state index >= 15 is 0 Å². The second kappa shape index (κ2) is 4.90. The summed E-state index contributed by atoms with van der Waals surface area (Å²) >= 11 is 5.20. The van der Waals surface area contributed by atoms with Gasteiger partial charge in [0.1, 0.15) is 0 Å². The lowest BCUT2D eigenvalue weighted by atomic mass is 10.3. The lowest BCUT2D eigenvalue weighted by molar-refractivity contribution is 1.10. The van der Waals surface area contributed by atoms with Gasteiger partial charge < -0.3 is 5.73 Å². The first kappa shape index (κ1) is 12.6. The Morgan fingerprint density at radius 2 is 2.05 bits per heavy atom. The molecule has 0 aliphatic carbocycles. The second-order valence-corrected chi connectivity index (χ2v) is 5.94. The van der Waals surface area contributed by atoms with E-state index in [1.165, 1.54) is 4.90 Å². The van der Waals surface area contributed by atoms with Crippen molar-refractivity contribution in [2.75, 3.05) is 12.0 Å². The van der Waals surface area contributed by atoms with E-state index in [2.05, 4.69) is 39.3 Å². The summed E-state index contributed by atoms with van der Waals surface area (Å²) in [6.45, 7) is 0. The van der Waals surface area contributed by atoms with E-state index in [0.29, 0.717) is 5.95 Å². The molecule has 0 radical (unpaired) electrons. The Balaban J connectivity index is 2.28. The molecule has 3 nitrogen and oxygen atoms in total. The first-order chi connectivity index (χ1) is 9.19. The number of rotatable bonds is 2. The van der Waals surface area contributed by atoms with E-state index in [-0.39, 0.29) is 0 Å². The van der Waals surface area contributed by atoms with Gasteiger partial charge in [-0.3, -0.25) is 4.57 Å². The van der Waals surface area contributed by atoms with Crippen LogP contribution in [0.5, 0.6) is 0 Å². The largest absolute Gasteiger partial charge is 0.369 e. The first-order valence-corrected chi connectivity index (χ1v) is 7.79. The molecule has 5 heteroatoms. The van der Waals surface area contributed by atoms with Gasteiger partial charge in [0.05, 0.1) is 16.7 Å². The highest BCUT2D eigenvalue weighted by atomic mass is 79.9. The van der Waals surface area contributed by atoms with E-state index in [4.69, 9.17) is 5.73 Å². The number of nitrogens with two attached hydrogens (primary N) is 1. The molecule has 0 saturated carbocycles. The monoisotopic (exact) mass is 333 g/mol. The number of nitrogens with zero attached hydrogens (tertiary/aromatic N) is 2. The molecule has 0 saturated heterocycles. The Morgan fingerprint density at radius 3 is 2.84 bits per heavy atom. The van der Waals surface area contributed by atoms with Crippen molar-refractivity contribution < 1.29 is 0 Å². The van der Waals surface area contributed by atoms with Crippen molar-refractivity contribution in [1.82, 2.24) is 9.55 Å². The van der Waals surface area contributed by atoms with E-state index in [0.717, 1.165) is 21.2 Å². The smallest absolute Gasteiger partial charge is 0.205 e. The summed E-state index contributed by atoms with van der Waals surface area (Å²) in [6, 6.07) is 14.2. The van der Waals surface area contributed by atoms with Crippen molar-refractivity contribution >= 4 is 44.7 Å². The highest BCUT2D eigenvalue weighted by molar-refractivity contribution is 9.10. The summed E-state index contributed by atoms with van der Waals surface area (Å²) in [7, 11) is 0. The Morgan fingerprint density at radius 1 is 1.21 bits per heavy atom. The zero-order chi connectivity index (χ0) is 13.4. The van der Waals surface area contributed by atoms with Crippen LogP contribution in [0.4, 0.5) is 5.95 Å². The Kier molecular flexibility index (Phi) is 3.24. The van der Waals surface area contributed by atoms with Gasteiger partial charge in [0.15, 0.2) is 0 Å². The summed E-state index contributed by atoms with van der Waals surface area (Å²) in [5, 5.41) is 0. The van der Waals surface area contributed by atoms with Gasteiger partial charge >= 0.3 is 0 Å². The lowest BCUT2D eigenvalue weighted by Crippen LogP contribution is -2.00. The number of imidazole rings is 1. The normalized spacial score (nSPS) is 11.1. The summed E-state index contributed by atoms with van der Waals surface area (Å²) in [5.74, 6) is 0.506. The zero-order valence-electron chi connectivity index (χ0n) is 10.3. The molecule has 0 aliphatic rings. The molecule has 1 aromatic heterocycles. The van der Waals surface area contributed by atoms with Gasteiger partial charge in [-0.05, 0) is 42.7 Å². The number of hydrogen-bond donors (Lipinski definition) is 1. The first-order valence-electron chi connectivity index (χ1n) is 5.77. The average molecular weight is 334 g/mol. The number of halogens is 1. The van der Waals surface area contributed by atoms with Crippen LogP contribution >= 0.6 is 27.7 Å². The predicted octanol–water partition coefficient (Wildman–Crippen LogP) is 4.09. The number of benzene rings is 2. The van der Waals surface area contributed by atoms with Crippen molar-refractivity contribution in [1.29, 1.82) is 0 Å². The Bertz CT molecular complexity index is 752. The summed E-state index contributed by atoms with van der Waals surface area (Å²) in [6.07, 6.45) is 2.06. The average Bonchev–Trinajstić information content (AvgIpc) is 2.74. The number of nitrogen functional groups attached to an aromatic ring is 1. The molecule has 0 unspecified atom stereocenters. The molecule has 0 fully saturated rings. The van der Waals surface area contributed by atoms with Crippen molar-refractivity contribution in [2.45, 2.75) is 4.90 Å². The molecule has 0 atom stereocenters. The molecular formula is C14H12BrN3S. The number of aromatic nitrogens is 2. The zero-order valence-corrected chi connectivity index (χ0v) is 12.7. The van der Waals surface area contributed by atoms with Crippen LogP contribution in [0.25, 0.3) is 16.7 Å². The maximum Gasteiger partial charge on any atom is 0.205 e. The van der Waals surface area contributed by atoms with Crippen LogP contribution in [0.2, 0.25) is 0 Å². The minimum absolute atomic E-state index is 0.506. The summed E-state index contributed by atoms with van der Waals surface area (Å²) < 4.78 is 2.99. The van der Waals surface area contributed by atoms with Crippen molar-refractivity contribution in [3.05, 3.63) is 46.9 Å². The quantitative estimate of drug-likeness (QED) is 0.718. The number of hydrogen-bond acceptors (Lipinski definition) is 3. The fourth-order valence-corrected chi connectivity index (χ4v) is 2.89. The molecule has 1 heterocycles. The number of thioether (sulfide) groups is 1. The third kappa shape index (κ3) is 2.24. The second-order valence-electron chi connectivity index (χ2n) is 4.14. The predicted molar refractivity (Wildman–Crippen MR) is 85.0 cm³/mol. The fourth-order valence-electron chi connectivity index (χ4n) is 2.09. The Labute approximate surface area is 124 Å². The fraction of sp³-hybridized carbons (Fsp3) is 0.0714. The van der Waals surface area contributed by atoms with Crippen LogP contribution in [-0.4, -0.2) is 15.8 Å². The Hall–Kier alpha value is -1.46. The topological polar surface area (TPSA) is 43.8 Å². The van der Waals surface area contributed by atoms with Gasteiger partial charge in [0.2, 0.25) is 5.95 Å². The van der Waals surface area contributed by atoms with Gasteiger partial charge in [-0.15, -0.1) is 11.8 Å². The van der Waals surface area contributed by atoms with Crippen molar-refractivity contribution in [2.24, 2.45) is 0 Å². The molecular weight excluding hydrogens is 322 g/mol. The molecule has 0 bridgehead atoms. The summed E-state index contributed by atoms with van der Waals surface area (Å²) in [5.41, 5.74) is 8.99. The van der Waals surface area contributed by atoms with E-state index in [1.807, 2.05) is 34.9 Å². The highest BCUT2D eigenvalue weighted by Crippen LogP contribution is 2.27. The van der Waals surface area contributed by atoms with Crippen LogP contribution in [0.1, 0.15) is 0 Å². The maximum absolute atomic E-state index is 6.06. The van der Waals surface area contributed by atoms with E-state index in [9.17, 15) is 0 Å². The SMILES string of the molecule is CSc1cccc(-n2c(N)nc3ccc(Br)cc32)c1. The van der Waals surface area contributed by atoms with Gasteiger partial charge in [0, 0.05) is 9.37 Å². The van der Waals surface area contributed by atoms with Crippen LogP contribution in [0.15, 0.2) is 51.8 Å². The molecule has 2 N–H and O–H groups in total. The van der Waals surface area contributed by atoms with Crippen LogP contribution < -0.4 is 5.73 Å². The molecule has 2 aromatic carbocycles. The van der Waals surface area contributed by atoms with E-state index in [1.54, 1.807) is 11.8 Å². The minimum Gasteiger partial charge on any atom is -0.369 e. The molecule has 96 valence electrons. The molecule has 0 amide bonds. The molecule has 0 spiro atoms. The van der Waals surface area contributed by atoms with Crippen LogP contribution in [0, 0.1) is 0 Å². The van der Waals surface area contributed by atoms with Gasteiger partial charge in [-0.1, -0.05) is 22.0 Å². The lowest BCUT2D eigenvalue weighted by Gasteiger charge is -2.08. The van der Waals surface area contributed by atoms with Gasteiger partial charge in [0.25, 0.3) is 0 Å². The van der Waals surface area contributed by atoms with Crippen molar-refractivity contribution in [3.8, 4) is 5.69 Å². The van der Waals surface area contributed by atoms with E-state index < -0.39 is 0 Å². The third-order valence-electron chi connectivity index (χ3n) is 2.95. The van der Waals surface area contributed by atoms with Crippen LogP contribution in [0.3, 0.4) is 0 Å². The van der Waals surface area contributed by atoms with Crippen LogP contribution in [-0.2, 0) is 0 Å². The standard InChI is InChI=1S/C14H12BrN3S/c1-19-11-4-2-3-10(8-11)18-13-7-9(15)5-6-12(13)17-14(18)16/h2-8H,1H3,(H2,16,17). The molecule has 19 heavy (non-hydrogen) atoms. The minimum atomic E-state index is 0.506. The molecule has 3 rings (SSSR count). The van der Waals surface area contributed by atoms with Gasteiger partial charge in [-0.2, -0.15) is 0 Å². The molecule has 3 aromatic rings. The highest BCUT2D eigenvalue weighted by Gasteiger charge is 2.10. The number of anilines is 1. The molecule has 0 aliphatic heterocycles. The number of fused-ring (bicyclic) bond motifs is 1. The maximum atomic E-state index is 6.06. The summed E-state index contributed by atoms with van der Waals surface area (Å²) in [4.78, 5) is 5.60. The van der Waals surface area contributed by atoms with Gasteiger partial charge in [-0.25, -0.2) is 4.98 Å². The van der Waals surface area contributed by atoms with Crippen molar-refractivity contribution in [3.63, 3.8) is 0 Å². The third-order valence-corrected chi connectivity index (χ3v) is 4.17.